The van der Waals surface area contributed by atoms with Gasteiger partial charge in [-0.1, -0.05) is 20.8 Å². The number of nitrogens with two attached hydrogens (primary N) is 1. The number of hydrogen-bond acceptors (Lipinski definition) is 3. The summed E-state index contributed by atoms with van der Waals surface area (Å²) in [4.78, 5) is 23.1. The minimum Gasteiger partial charge on any atom is -0.347 e. The molecule has 0 saturated heterocycles. The Kier molecular flexibility index (Phi) is 5.42. The Bertz CT molecular complexity index is 268. The molecule has 0 aromatic heterocycles. The lowest BCUT2D eigenvalue weighted by Crippen LogP contribution is -2.50. The van der Waals surface area contributed by atoms with Crippen LogP contribution in [0.5, 0.6) is 0 Å². The molecule has 0 aromatic carbocycles. The van der Waals surface area contributed by atoms with Gasteiger partial charge in [0.1, 0.15) is 0 Å². The maximum absolute atomic E-state index is 11.6. The normalized spacial score (nSPS) is 24.0. The Balaban J connectivity index is 0.00000225. The van der Waals surface area contributed by atoms with Crippen molar-refractivity contribution >= 4 is 24.1 Å². The highest BCUT2D eigenvalue weighted by atomic mass is 35.5. The van der Waals surface area contributed by atoms with Crippen molar-refractivity contribution in [2.45, 2.75) is 39.7 Å². The number of carbonyl (C=O) groups excluding carboxylic acids is 2. The van der Waals surface area contributed by atoms with Crippen LogP contribution in [-0.2, 0) is 9.59 Å². The molecular formula is C11H21ClN2O2. The first-order valence-corrected chi connectivity index (χ1v) is 5.40. The van der Waals surface area contributed by atoms with Crippen LogP contribution in [0.15, 0.2) is 0 Å². The van der Waals surface area contributed by atoms with Gasteiger partial charge in [0.2, 0.25) is 5.78 Å². The van der Waals surface area contributed by atoms with Crippen molar-refractivity contribution < 1.29 is 9.59 Å². The molecule has 0 bridgehead atoms. The number of rotatable bonds is 3. The molecular weight excluding hydrogens is 228 g/mol. The molecule has 1 rings (SSSR count). The van der Waals surface area contributed by atoms with Gasteiger partial charge in [-0.3, -0.25) is 9.59 Å². The van der Waals surface area contributed by atoms with Crippen molar-refractivity contribution in [3.05, 3.63) is 0 Å². The Morgan fingerprint density at radius 3 is 2.19 bits per heavy atom. The third-order valence-electron chi connectivity index (χ3n) is 2.79. The van der Waals surface area contributed by atoms with E-state index in [1.165, 1.54) is 0 Å². The second-order valence-corrected chi connectivity index (χ2v) is 5.32. The topological polar surface area (TPSA) is 72.2 Å². The number of hydrogen-bond donors (Lipinski definition) is 2. The molecule has 0 unspecified atom stereocenters. The van der Waals surface area contributed by atoms with Gasteiger partial charge in [-0.25, -0.2) is 0 Å². The summed E-state index contributed by atoms with van der Waals surface area (Å²) in [6, 6.07) is 0.150. The molecule has 1 aliphatic rings. The van der Waals surface area contributed by atoms with Crippen molar-refractivity contribution in [3.63, 3.8) is 0 Å². The maximum atomic E-state index is 11.6. The molecule has 0 aliphatic heterocycles. The van der Waals surface area contributed by atoms with Crippen LogP contribution in [0, 0.1) is 11.3 Å². The molecule has 1 saturated carbocycles. The van der Waals surface area contributed by atoms with Crippen LogP contribution in [0.25, 0.3) is 0 Å². The van der Waals surface area contributed by atoms with Gasteiger partial charge in [0, 0.05) is 11.5 Å². The summed E-state index contributed by atoms with van der Waals surface area (Å²) in [7, 11) is 0. The third kappa shape index (κ3) is 3.76. The summed E-state index contributed by atoms with van der Waals surface area (Å²) >= 11 is 0. The zero-order chi connectivity index (χ0) is 11.6. The molecule has 0 radical (unpaired) electrons. The van der Waals surface area contributed by atoms with E-state index in [0.717, 1.165) is 12.8 Å². The first kappa shape index (κ1) is 15.4. The summed E-state index contributed by atoms with van der Waals surface area (Å²) in [5.41, 5.74) is 4.88. The Hall–Kier alpha value is -0.610. The van der Waals surface area contributed by atoms with Crippen LogP contribution in [0.2, 0.25) is 0 Å². The predicted molar refractivity (Wildman–Crippen MR) is 65.4 cm³/mol. The van der Waals surface area contributed by atoms with E-state index in [4.69, 9.17) is 5.73 Å². The van der Waals surface area contributed by atoms with E-state index < -0.39 is 11.3 Å². The van der Waals surface area contributed by atoms with Crippen molar-refractivity contribution in [2.24, 2.45) is 17.1 Å². The summed E-state index contributed by atoms with van der Waals surface area (Å²) in [5, 5.41) is 2.74. The first-order chi connectivity index (χ1) is 6.84. The fraction of sp³-hybridized carbons (Fsp3) is 0.818. The zero-order valence-electron chi connectivity index (χ0n) is 10.1. The van der Waals surface area contributed by atoms with Gasteiger partial charge in [0.05, 0.1) is 0 Å². The average Bonchev–Trinajstić information content (AvgIpc) is 2.07. The monoisotopic (exact) mass is 248 g/mol. The van der Waals surface area contributed by atoms with Crippen LogP contribution < -0.4 is 11.1 Å². The highest BCUT2D eigenvalue weighted by Gasteiger charge is 2.33. The Morgan fingerprint density at radius 1 is 1.31 bits per heavy atom. The summed E-state index contributed by atoms with van der Waals surface area (Å²) < 4.78 is 0. The van der Waals surface area contributed by atoms with Crippen molar-refractivity contribution in [3.8, 4) is 0 Å². The fourth-order valence-electron chi connectivity index (χ4n) is 1.64. The molecule has 0 spiro atoms. The average molecular weight is 249 g/mol. The summed E-state index contributed by atoms with van der Waals surface area (Å²) in [5.74, 6) is -0.290. The Morgan fingerprint density at radius 2 is 1.81 bits per heavy atom. The molecule has 3 N–H and O–H groups in total. The van der Waals surface area contributed by atoms with Crippen LogP contribution in [0.4, 0.5) is 0 Å². The van der Waals surface area contributed by atoms with E-state index in [2.05, 4.69) is 5.32 Å². The zero-order valence-corrected chi connectivity index (χ0v) is 10.9. The molecule has 0 atom stereocenters. The van der Waals surface area contributed by atoms with Crippen molar-refractivity contribution in [1.29, 1.82) is 0 Å². The lowest BCUT2D eigenvalue weighted by atomic mass is 9.80. The van der Waals surface area contributed by atoms with E-state index in [9.17, 15) is 9.59 Å². The number of nitrogens with one attached hydrogen (secondary N) is 1. The molecule has 0 aromatic rings. The van der Waals surface area contributed by atoms with E-state index in [-0.39, 0.29) is 24.2 Å². The second kappa shape index (κ2) is 5.64. The number of amides is 1. The largest absolute Gasteiger partial charge is 0.347 e. The molecule has 1 aliphatic carbocycles. The van der Waals surface area contributed by atoms with Gasteiger partial charge in [0.25, 0.3) is 5.91 Å². The SMILES string of the molecule is CC(C)(C)C(=O)C(=O)NC1CC(CN)C1.Cl. The lowest BCUT2D eigenvalue weighted by Gasteiger charge is -2.35. The van der Waals surface area contributed by atoms with Gasteiger partial charge < -0.3 is 11.1 Å². The van der Waals surface area contributed by atoms with Crippen LogP contribution in [0.1, 0.15) is 33.6 Å². The molecule has 94 valence electrons. The van der Waals surface area contributed by atoms with Gasteiger partial charge in [-0.05, 0) is 25.3 Å². The molecule has 1 fully saturated rings. The molecule has 4 nitrogen and oxygen atoms in total. The fourth-order valence-corrected chi connectivity index (χ4v) is 1.64. The number of halogens is 1. The number of ketones is 1. The molecule has 5 heteroatoms. The van der Waals surface area contributed by atoms with Crippen molar-refractivity contribution in [2.75, 3.05) is 6.54 Å². The molecule has 16 heavy (non-hydrogen) atoms. The maximum Gasteiger partial charge on any atom is 0.288 e. The van der Waals surface area contributed by atoms with Crippen molar-refractivity contribution in [1.82, 2.24) is 5.32 Å². The minimum atomic E-state index is -0.596. The van der Waals surface area contributed by atoms with E-state index in [0.29, 0.717) is 12.5 Å². The Labute approximate surface area is 103 Å². The minimum absolute atomic E-state index is 0. The molecule has 0 heterocycles. The molecule has 1 amide bonds. The lowest BCUT2D eigenvalue weighted by molar-refractivity contribution is -0.143. The third-order valence-corrected chi connectivity index (χ3v) is 2.79. The summed E-state index contributed by atoms with van der Waals surface area (Å²) in [6.07, 6.45) is 1.80. The second-order valence-electron chi connectivity index (χ2n) is 5.32. The van der Waals surface area contributed by atoms with E-state index >= 15 is 0 Å². The van der Waals surface area contributed by atoms with Gasteiger partial charge >= 0.3 is 0 Å². The predicted octanol–water partition coefficient (Wildman–Crippen LogP) is 0.877. The number of Topliss-reactive ketones (excluding diaryl/α,β-unsaturated/α-hetero) is 1. The summed E-state index contributed by atoms with van der Waals surface area (Å²) in [6.45, 7) is 5.91. The quantitative estimate of drug-likeness (QED) is 0.729. The van der Waals surface area contributed by atoms with Gasteiger partial charge in [-0.2, -0.15) is 0 Å². The van der Waals surface area contributed by atoms with Crippen LogP contribution >= 0.6 is 12.4 Å². The van der Waals surface area contributed by atoms with Gasteiger partial charge in [0.15, 0.2) is 0 Å². The van der Waals surface area contributed by atoms with E-state index in [1.54, 1.807) is 20.8 Å². The first-order valence-electron chi connectivity index (χ1n) is 5.40. The number of carbonyl (C=O) groups is 2. The standard InChI is InChI=1S/C11H20N2O2.ClH/c1-11(2,3)9(14)10(15)13-8-4-7(5-8)6-12;/h7-8H,4-6,12H2,1-3H3,(H,13,15);1H. The van der Waals surface area contributed by atoms with Crippen LogP contribution in [0.3, 0.4) is 0 Å². The highest BCUT2D eigenvalue weighted by Crippen LogP contribution is 2.26. The van der Waals surface area contributed by atoms with E-state index in [1.807, 2.05) is 0 Å². The van der Waals surface area contributed by atoms with Gasteiger partial charge in [-0.15, -0.1) is 12.4 Å². The van der Waals surface area contributed by atoms with Crippen LogP contribution in [-0.4, -0.2) is 24.3 Å². The smallest absolute Gasteiger partial charge is 0.288 e. The highest BCUT2D eigenvalue weighted by molar-refractivity contribution is 6.37.